The van der Waals surface area contributed by atoms with Gasteiger partial charge in [-0.15, -0.1) is 0 Å². The molecule has 1 amide bonds. The van der Waals surface area contributed by atoms with Gasteiger partial charge in [-0.3, -0.25) is 14.8 Å². The van der Waals surface area contributed by atoms with Gasteiger partial charge in [0, 0.05) is 37.1 Å². The van der Waals surface area contributed by atoms with E-state index < -0.39 is 17.5 Å². The van der Waals surface area contributed by atoms with Gasteiger partial charge in [-0.1, -0.05) is 13.0 Å². The Balaban J connectivity index is 1.47. The quantitative estimate of drug-likeness (QED) is 0.402. The molecular weight excluding hydrogens is 454 g/mol. The average Bonchev–Trinajstić information content (AvgIpc) is 3.13. The van der Waals surface area contributed by atoms with Gasteiger partial charge < -0.3 is 26.1 Å². The van der Waals surface area contributed by atoms with Crippen molar-refractivity contribution in [1.82, 2.24) is 9.97 Å². The number of furan rings is 1. The maximum Gasteiger partial charge on any atom is 0.263 e. The Morgan fingerprint density at radius 1 is 1.20 bits per heavy atom. The van der Waals surface area contributed by atoms with Crippen LogP contribution in [-0.4, -0.2) is 35.0 Å². The summed E-state index contributed by atoms with van der Waals surface area (Å²) in [7, 11) is 0. The number of anilines is 3. The van der Waals surface area contributed by atoms with E-state index in [4.69, 9.17) is 15.9 Å². The van der Waals surface area contributed by atoms with E-state index in [1.165, 1.54) is 18.3 Å². The van der Waals surface area contributed by atoms with Gasteiger partial charge >= 0.3 is 0 Å². The second-order valence-electron chi connectivity index (χ2n) is 8.86. The number of halogens is 2. The topological polar surface area (TPSA) is 123 Å². The number of nitrogens with one attached hydrogen (secondary N) is 1. The third-order valence-corrected chi connectivity index (χ3v) is 6.11. The van der Waals surface area contributed by atoms with Crippen molar-refractivity contribution in [3.05, 3.63) is 66.1 Å². The number of carbonyl (C=O) groups is 1. The molecule has 1 fully saturated rings. The minimum atomic E-state index is -0.737. The number of amides is 1. The van der Waals surface area contributed by atoms with Crippen LogP contribution in [0.15, 0.2) is 53.3 Å². The Labute approximate surface area is 199 Å². The standard InChI is InChI=1S/C25H24F2N6O2/c1-13-7-15(28)12-33(11-13)19-5-6-30-10-18(19)32-25(34)22-23-20(35-24(22)29)8-14(9-31-23)21-16(26)3-2-4-17(21)27/h2-6,8-10,13,15H,7,11-12,28-29H2,1H3,(H,32,34)/t13-,15+/m0/s1. The molecule has 0 radical (unpaired) electrons. The summed E-state index contributed by atoms with van der Waals surface area (Å²) >= 11 is 0. The predicted octanol–water partition coefficient (Wildman–Crippen LogP) is 4.18. The van der Waals surface area contributed by atoms with Crippen molar-refractivity contribution in [2.24, 2.45) is 11.7 Å². The Morgan fingerprint density at radius 2 is 1.97 bits per heavy atom. The lowest BCUT2D eigenvalue weighted by Gasteiger charge is -2.37. The van der Waals surface area contributed by atoms with Crippen molar-refractivity contribution in [3.8, 4) is 11.1 Å². The van der Waals surface area contributed by atoms with Crippen LogP contribution in [0.4, 0.5) is 26.0 Å². The molecular formula is C25H24F2N6O2. The molecule has 0 saturated carbocycles. The molecule has 4 aromatic rings. The number of piperidine rings is 1. The van der Waals surface area contributed by atoms with E-state index in [1.54, 1.807) is 12.4 Å². The first-order valence-corrected chi connectivity index (χ1v) is 11.2. The SMILES string of the molecule is C[C@H]1C[C@@H](N)CN(c2ccncc2NC(=O)c2c(N)oc3cc(-c4c(F)cccc4F)cnc23)C1. The third-order valence-electron chi connectivity index (χ3n) is 6.11. The van der Waals surface area contributed by atoms with Gasteiger partial charge in [0.1, 0.15) is 22.7 Å². The lowest BCUT2D eigenvalue weighted by Crippen LogP contribution is -2.46. The molecule has 5 rings (SSSR count). The normalized spacial score (nSPS) is 18.1. The molecule has 2 atom stereocenters. The summed E-state index contributed by atoms with van der Waals surface area (Å²) in [6.07, 6.45) is 5.43. The molecule has 1 aromatic carbocycles. The molecule has 1 aliphatic rings. The number of fused-ring (bicyclic) bond motifs is 1. The number of pyridine rings is 2. The summed E-state index contributed by atoms with van der Waals surface area (Å²) in [5, 5.41) is 2.85. The Kier molecular flexibility index (Phi) is 5.81. The van der Waals surface area contributed by atoms with Crippen LogP contribution < -0.4 is 21.7 Å². The molecule has 180 valence electrons. The molecule has 35 heavy (non-hydrogen) atoms. The zero-order valence-corrected chi connectivity index (χ0v) is 19.0. The largest absolute Gasteiger partial charge is 0.438 e. The van der Waals surface area contributed by atoms with E-state index in [1.807, 2.05) is 6.07 Å². The van der Waals surface area contributed by atoms with Gasteiger partial charge in [0.25, 0.3) is 5.91 Å². The molecule has 0 aliphatic carbocycles. The highest BCUT2D eigenvalue weighted by Crippen LogP contribution is 2.34. The zero-order chi connectivity index (χ0) is 24.7. The van der Waals surface area contributed by atoms with Crippen LogP contribution in [0.1, 0.15) is 23.7 Å². The number of nitrogen functional groups attached to an aromatic ring is 1. The monoisotopic (exact) mass is 478 g/mol. The first kappa shape index (κ1) is 22.7. The minimum absolute atomic E-state index is 0.0269. The number of aromatic nitrogens is 2. The second kappa shape index (κ2) is 8.95. The minimum Gasteiger partial charge on any atom is -0.438 e. The number of rotatable bonds is 4. The van der Waals surface area contributed by atoms with Crippen molar-refractivity contribution in [2.45, 2.75) is 19.4 Å². The molecule has 5 N–H and O–H groups in total. The Bertz CT molecular complexity index is 1390. The number of hydrogen-bond acceptors (Lipinski definition) is 7. The summed E-state index contributed by atoms with van der Waals surface area (Å²) in [5.41, 5.74) is 13.8. The molecule has 10 heteroatoms. The van der Waals surface area contributed by atoms with E-state index in [0.717, 1.165) is 30.8 Å². The van der Waals surface area contributed by atoms with Crippen LogP contribution in [0.2, 0.25) is 0 Å². The van der Waals surface area contributed by atoms with E-state index >= 15 is 0 Å². The van der Waals surface area contributed by atoms with Crippen molar-refractivity contribution < 1.29 is 18.0 Å². The van der Waals surface area contributed by atoms with Crippen LogP contribution in [0, 0.1) is 17.6 Å². The van der Waals surface area contributed by atoms with Crippen LogP contribution in [-0.2, 0) is 0 Å². The molecule has 0 unspecified atom stereocenters. The van der Waals surface area contributed by atoms with Crippen molar-refractivity contribution in [3.63, 3.8) is 0 Å². The van der Waals surface area contributed by atoms with E-state index in [0.29, 0.717) is 18.2 Å². The maximum atomic E-state index is 14.2. The highest BCUT2D eigenvalue weighted by Gasteiger charge is 2.26. The average molecular weight is 479 g/mol. The fraction of sp³-hybridized carbons (Fsp3) is 0.240. The van der Waals surface area contributed by atoms with Crippen LogP contribution in [0.3, 0.4) is 0 Å². The zero-order valence-electron chi connectivity index (χ0n) is 19.0. The molecule has 1 aliphatic heterocycles. The fourth-order valence-electron chi connectivity index (χ4n) is 4.67. The number of benzene rings is 1. The van der Waals surface area contributed by atoms with Crippen molar-refractivity contribution in [2.75, 3.05) is 29.0 Å². The molecule has 4 heterocycles. The summed E-state index contributed by atoms with van der Waals surface area (Å²) in [6.45, 7) is 3.59. The molecule has 0 bridgehead atoms. The van der Waals surface area contributed by atoms with Crippen LogP contribution >= 0.6 is 0 Å². The number of hydrogen-bond donors (Lipinski definition) is 3. The summed E-state index contributed by atoms with van der Waals surface area (Å²) in [4.78, 5) is 23.8. The lowest BCUT2D eigenvalue weighted by atomic mass is 9.96. The second-order valence-corrected chi connectivity index (χ2v) is 8.86. The van der Waals surface area contributed by atoms with E-state index in [-0.39, 0.29) is 39.7 Å². The molecule has 1 saturated heterocycles. The molecule has 8 nitrogen and oxygen atoms in total. The third kappa shape index (κ3) is 4.28. The van der Waals surface area contributed by atoms with Gasteiger partial charge in [0.2, 0.25) is 5.88 Å². The highest BCUT2D eigenvalue weighted by atomic mass is 19.1. The lowest BCUT2D eigenvalue weighted by molar-refractivity contribution is 0.102. The van der Waals surface area contributed by atoms with E-state index in [2.05, 4.69) is 27.1 Å². The number of nitrogens with two attached hydrogens (primary N) is 2. The van der Waals surface area contributed by atoms with Crippen molar-refractivity contribution >= 4 is 34.3 Å². The van der Waals surface area contributed by atoms with Gasteiger partial charge in [0.15, 0.2) is 5.58 Å². The van der Waals surface area contributed by atoms with Crippen molar-refractivity contribution in [1.29, 1.82) is 0 Å². The van der Waals surface area contributed by atoms with Crippen LogP contribution in [0.25, 0.3) is 22.2 Å². The summed E-state index contributed by atoms with van der Waals surface area (Å²) in [5.74, 6) is -1.77. The number of carbonyl (C=O) groups excluding carboxylic acids is 1. The molecule has 3 aromatic heterocycles. The number of nitrogens with zero attached hydrogens (tertiary/aromatic N) is 3. The van der Waals surface area contributed by atoms with Gasteiger partial charge in [0.05, 0.1) is 23.1 Å². The highest BCUT2D eigenvalue weighted by molar-refractivity contribution is 6.15. The fourth-order valence-corrected chi connectivity index (χ4v) is 4.67. The van der Waals surface area contributed by atoms with Gasteiger partial charge in [-0.25, -0.2) is 8.78 Å². The summed E-state index contributed by atoms with van der Waals surface area (Å²) in [6, 6.07) is 6.84. The Hall–Kier alpha value is -4.05. The predicted molar refractivity (Wildman–Crippen MR) is 130 cm³/mol. The van der Waals surface area contributed by atoms with Crippen LogP contribution in [0.5, 0.6) is 0 Å². The summed E-state index contributed by atoms with van der Waals surface area (Å²) < 4.78 is 34.0. The molecule has 0 spiro atoms. The smallest absolute Gasteiger partial charge is 0.263 e. The Morgan fingerprint density at radius 3 is 2.71 bits per heavy atom. The van der Waals surface area contributed by atoms with Gasteiger partial charge in [-0.2, -0.15) is 0 Å². The van der Waals surface area contributed by atoms with E-state index in [9.17, 15) is 13.6 Å². The maximum absolute atomic E-state index is 14.2. The first-order chi connectivity index (χ1) is 16.8. The first-order valence-electron chi connectivity index (χ1n) is 11.2. The van der Waals surface area contributed by atoms with Gasteiger partial charge in [-0.05, 0) is 36.6 Å².